The normalized spacial score (nSPS) is 11.3. The molecule has 23 heavy (non-hydrogen) atoms. The fraction of sp³-hybridized carbons (Fsp3) is 0.158. The van der Waals surface area contributed by atoms with E-state index in [0.717, 1.165) is 11.3 Å². The number of likely N-dealkylation sites (N-methyl/N-ethyl adjacent to an activating group) is 1. The highest BCUT2D eigenvalue weighted by Crippen LogP contribution is 2.14. The lowest BCUT2D eigenvalue weighted by Gasteiger charge is -2.24. The largest absolute Gasteiger partial charge is 0.340 e. The molecule has 0 radical (unpaired) electrons. The monoisotopic (exact) mass is 308 g/mol. The van der Waals surface area contributed by atoms with E-state index in [2.05, 4.69) is 11.9 Å². The molecular formula is C19H20N2O2. The molecule has 0 unspecified atom stereocenters. The predicted octanol–water partition coefficient (Wildman–Crippen LogP) is 2.56. The van der Waals surface area contributed by atoms with E-state index in [-0.39, 0.29) is 11.8 Å². The van der Waals surface area contributed by atoms with E-state index in [0.29, 0.717) is 6.42 Å². The molecule has 4 heteroatoms. The number of rotatable bonds is 6. The number of hydrogen-bond donors (Lipinski definition) is 1. The van der Waals surface area contributed by atoms with Gasteiger partial charge in [-0.25, -0.2) is 0 Å². The number of nitrogens with one attached hydrogen (secondary N) is 1. The standard InChI is InChI=1S/C19H20N2O2/c1-3-18(22)20-17(14-15-10-6-4-7-11-15)19(23)21(2)16-12-8-5-9-13-16/h3-13,17H,1,14H2,2H3,(H,20,22)/t17-/m0/s1. The van der Waals surface area contributed by atoms with Crippen molar-refractivity contribution in [1.29, 1.82) is 0 Å². The van der Waals surface area contributed by atoms with Crippen molar-refractivity contribution in [1.82, 2.24) is 5.32 Å². The Morgan fingerprint density at radius 3 is 2.22 bits per heavy atom. The lowest BCUT2D eigenvalue weighted by Crippen LogP contribution is -2.48. The first-order valence-corrected chi connectivity index (χ1v) is 7.41. The third-order valence-electron chi connectivity index (χ3n) is 3.56. The Morgan fingerprint density at radius 2 is 1.65 bits per heavy atom. The Morgan fingerprint density at radius 1 is 1.09 bits per heavy atom. The highest BCUT2D eigenvalue weighted by Gasteiger charge is 2.24. The minimum atomic E-state index is -0.645. The van der Waals surface area contributed by atoms with Crippen molar-refractivity contribution in [3.8, 4) is 0 Å². The van der Waals surface area contributed by atoms with Gasteiger partial charge >= 0.3 is 0 Å². The Labute approximate surface area is 136 Å². The maximum atomic E-state index is 12.8. The molecule has 2 aromatic rings. The van der Waals surface area contributed by atoms with E-state index in [1.807, 2.05) is 60.7 Å². The summed E-state index contributed by atoms with van der Waals surface area (Å²) in [6, 6.07) is 18.3. The van der Waals surface area contributed by atoms with Crippen LogP contribution >= 0.6 is 0 Å². The van der Waals surface area contributed by atoms with Gasteiger partial charge in [0, 0.05) is 19.2 Å². The molecule has 0 spiro atoms. The number of carbonyl (C=O) groups is 2. The van der Waals surface area contributed by atoms with Crippen molar-refractivity contribution < 1.29 is 9.59 Å². The Hall–Kier alpha value is -2.88. The molecular weight excluding hydrogens is 288 g/mol. The summed E-state index contributed by atoms with van der Waals surface area (Å²) < 4.78 is 0. The van der Waals surface area contributed by atoms with Crippen LogP contribution in [0.1, 0.15) is 5.56 Å². The number of amides is 2. The highest BCUT2D eigenvalue weighted by molar-refractivity contribution is 6.00. The van der Waals surface area contributed by atoms with Crippen molar-refractivity contribution in [2.75, 3.05) is 11.9 Å². The van der Waals surface area contributed by atoms with Crippen LogP contribution in [0.3, 0.4) is 0 Å². The Balaban J connectivity index is 2.20. The molecule has 2 rings (SSSR count). The third kappa shape index (κ3) is 4.54. The van der Waals surface area contributed by atoms with Crippen LogP contribution in [0.5, 0.6) is 0 Å². The van der Waals surface area contributed by atoms with E-state index < -0.39 is 6.04 Å². The minimum Gasteiger partial charge on any atom is -0.340 e. The summed E-state index contributed by atoms with van der Waals surface area (Å²) in [6.07, 6.45) is 1.60. The third-order valence-corrected chi connectivity index (χ3v) is 3.56. The van der Waals surface area contributed by atoms with Crippen LogP contribution in [-0.4, -0.2) is 24.9 Å². The maximum absolute atomic E-state index is 12.8. The van der Waals surface area contributed by atoms with Crippen molar-refractivity contribution in [2.24, 2.45) is 0 Å². The van der Waals surface area contributed by atoms with Crippen LogP contribution in [0.4, 0.5) is 5.69 Å². The second-order valence-electron chi connectivity index (χ2n) is 5.19. The van der Waals surface area contributed by atoms with Gasteiger partial charge in [-0.1, -0.05) is 55.1 Å². The summed E-state index contributed by atoms with van der Waals surface area (Å²) in [5.41, 5.74) is 1.76. The smallest absolute Gasteiger partial charge is 0.249 e. The molecule has 0 aliphatic heterocycles. The van der Waals surface area contributed by atoms with Gasteiger partial charge in [0.05, 0.1) is 0 Å². The summed E-state index contributed by atoms with van der Waals surface area (Å²) in [5.74, 6) is -0.531. The topological polar surface area (TPSA) is 49.4 Å². The second-order valence-corrected chi connectivity index (χ2v) is 5.19. The summed E-state index contributed by atoms with van der Waals surface area (Å²) in [5, 5.41) is 2.72. The van der Waals surface area contributed by atoms with Gasteiger partial charge in [-0.15, -0.1) is 0 Å². The van der Waals surface area contributed by atoms with Crippen LogP contribution < -0.4 is 10.2 Å². The van der Waals surface area contributed by atoms with Gasteiger partial charge in [0.25, 0.3) is 0 Å². The number of anilines is 1. The lowest BCUT2D eigenvalue weighted by atomic mass is 10.0. The van der Waals surface area contributed by atoms with Crippen LogP contribution in [0.15, 0.2) is 73.3 Å². The summed E-state index contributed by atoms with van der Waals surface area (Å²) in [7, 11) is 1.70. The SMILES string of the molecule is C=CC(=O)N[C@@H](Cc1ccccc1)C(=O)N(C)c1ccccc1. The first kappa shape index (κ1) is 16.5. The molecule has 0 aromatic heterocycles. The molecule has 1 N–H and O–H groups in total. The number of nitrogens with zero attached hydrogens (tertiary/aromatic N) is 1. The van der Waals surface area contributed by atoms with E-state index in [9.17, 15) is 9.59 Å². The first-order chi connectivity index (χ1) is 11.1. The number of benzene rings is 2. The minimum absolute atomic E-state index is 0.171. The van der Waals surface area contributed by atoms with Gasteiger partial charge in [0.2, 0.25) is 11.8 Å². The molecule has 0 fully saturated rings. The highest BCUT2D eigenvalue weighted by atomic mass is 16.2. The summed E-state index contributed by atoms with van der Waals surface area (Å²) in [6.45, 7) is 3.45. The fourth-order valence-corrected chi connectivity index (χ4v) is 2.29. The van der Waals surface area contributed by atoms with Crippen LogP contribution in [0, 0.1) is 0 Å². The number of para-hydroxylation sites is 1. The van der Waals surface area contributed by atoms with Crippen LogP contribution in [-0.2, 0) is 16.0 Å². The van der Waals surface area contributed by atoms with E-state index in [1.165, 1.54) is 6.08 Å². The molecule has 2 aromatic carbocycles. The molecule has 0 aliphatic rings. The maximum Gasteiger partial charge on any atom is 0.249 e. The molecule has 0 bridgehead atoms. The first-order valence-electron chi connectivity index (χ1n) is 7.41. The Kier molecular flexibility index (Phi) is 5.69. The zero-order chi connectivity index (χ0) is 16.7. The average Bonchev–Trinajstić information content (AvgIpc) is 2.61. The van der Waals surface area contributed by atoms with Gasteiger partial charge in [-0.2, -0.15) is 0 Å². The molecule has 0 saturated carbocycles. The molecule has 2 amide bonds. The van der Waals surface area contributed by atoms with Crippen LogP contribution in [0.25, 0.3) is 0 Å². The van der Waals surface area contributed by atoms with E-state index >= 15 is 0 Å². The summed E-state index contributed by atoms with van der Waals surface area (Å²) in [4.78, 5) is 26.0. The van der Waals surface area contributed by atoms with Crippen LogP contribution in [0.2, 0.25) is 0 Å². The molecule has 0 saturated heterocycles. The molecule has 4 nitrogen and oxygen atoms in total. The number of carbonyl (C=O) groups excluding carboxylic acids is 2. The van der Waals surface area contributed by atoms with E-state index in [4.69, 9.17) is 0 Å². The quantitative estimate of drug-likeness (QED) is 0.834. The fourth-order valence-electron chi connectivity index (χ4n) is 2.29. The summed E-state index contributed by atoms with van der Waals surface area (Å²) >= 11 is 0. The van der Waals surface area contributed by atoms with E-state index in [1.54, 1.807) is 11.9 Å². The zero-order valence-electron chi connectivity index (χ0n) is 13.1. The van der Waals surface area contributed by atoms with Gasteiger partial charge in [0.15, 0.2) is 0 Å². The van der Waals surface area contributed by atoms with Crippen molar-refractivity contribution in [3.05, 3.63) is 78.9 Å². The lowest BCUT2D eigenvalue weighted by molar-refractivity contribution is -0.125. The zero-order valence-corrected chi connectivity index (χ0v) is 13.1. The Bertz CT molecular complexity index is 668. The molecule has 1 atom stereocenters. The molecule has 118 valence electrons. The van der Waals surface area contributed by atoms with Gasteiger partial charge < -0.3 is 10.2 Å². The van der Waals surface area contributed by atoms with Gasteiger partial charge in [-0.05, 0) is 23.8 Å². The predicted molar refractivity (Wildman–Crippen MR) is 92.1 cm³/mol. The second kappa shape index (κ2) is 7.94. The van der Waals surface area contributed by atoms with Crippen molar-refractivity contribution in [2.45, 2.75) is 12.5 Å². The molecule has 0 heterocycles. The van der Waals surface area contributed by atoms with Gasteiger partial charge in [0.1, 0.15) is 6.04 Å². The van der Waals surface area contributed by atoms with Crippen molar-refractivity contribution in [3.63, 3.8) is 0 Å². The van der Waals surface area contributed by atoms with Gasteiger partial charge in [-0.3, -0.25) is 9.59 Å². The van der Waals surface area contributed by atoms with Crippen molar-refractivity contribution >= 4 is 17.5 Å². The number of hydrogen-bond acceptors (Lipinski definition) is 2. The average molecular weight is 308 g/mol. The molecule has 0 aliphatic carbocycles.